The number of nitro benzene ring substituents is 1. The van der Waals surface area contributed by atoms with Gasteiger partial charge in [0.25, 0.3) is 5.69 Å². The van der Waals surface area contributed by atoms with Crippen molar-refractivity contribution in [2.45, 2.75) is 13.5 Å². The molecule has 0 bridgehead atoms. The molecule has 100 valence electrons. The molecule has 1 N–H and O–H groups in total. The van der Waals surface area contributed by atoms with E-state index in [-0.39, 0.29) is 5.69 Å². The van der Waals surface area contributed by atoms with Crippen LogP contribution in [0.3, 0.4) is 0 Å². The molecule has 1 aromatic heterocycles. The monoisotopic (exact) mass is 278 g/mol. The van der Waals surface area contributed by atoms with Gasteiger partial charge in [-0.15, -0.1) is 11.3 Å². The van der Waals surface area contributed by atoms with Crippen molar-refractivity contribution in [3.05, 3.63) is 50.2 Å². The Kier molecular flexibility index (Phi) is 4.01. The highest BCUT2D eigenvalue weighted by atomic mass is 32.1. The molecule has 2 rings (SSSR count). The lowest BCUT2D eigenvalue weighted by Crippen LogP contribution is -2.01. The van der Waals surface area contributed by atoms with Crippen LogP contribution in [-0.2, 0) is 6.54 Å². The number of nitrogens with one attached hydrogen (secondary N) is 1. The Hall–Kier alpha value is -2.08. The van der Waals surface area contributed by atoms with Crippen LogP contribution >= 0.6 is 11.3 Å². The zero-order valence-corrected chi connectivity index (χ0v) is 11.5. The molecule has 2 aromatic rings. The van der Waals surface area contributed by atoms with E-state index in [2.05, 4.69) is 5.32 Å². The molecular formula is C13H14N2O3S. The molecule has 0 saturated carbocycles. The van der Waals surface area contributed by atoms with E-state index in [1.54, 1.807) is 24.5 Å². The maximum absolute atomic E-state index is 10.8. The first kappa shape index (κ1) is 13.4. The Labute approximate surface area is 115 Å². The number of nitrogens with zero attached hydrogens (tertiary/aromatic N) is 1. The summed E-state index contributed by atoms with van der Waals surface area (Å²) in [5.74, 6) is 0.596. The van der Waals surface area contributed by atoms with E-state index < -0.39 is 4.92 Å². The third-order valence-electron chi connectivity index (χ3n) is 2.64. The molecular weight excluding hydrogens is 264 g/mol. The molecule has 0 saturated heterocycles. The zero-order valence-electron chi connectivity index (χ0n) is 10.7. The fourth-order valence-electron chi connectivity index (χ4n) is 1.71. The van der Waals surface area contributed by atoms with Crippen molar-refractivity contribution in [2.75, 3.05) is 12.4 Å². The van der Waals surface area contributed by atoms with Crippen LogP contribution in [0.15, 0.2) is 30.3 Å². The van der Waals surface area contributed by atoms with E-state index in [1.807, 2.05) is 19.1 Å². The van der Waals surface area contributed by atoms with Gasteiger partial charge in [0.2, 0.25) is 0 Å². The van der Waals surface area contributed by atoms with Gasteiger partial charge in [-0.1, -0.05) is 0 Å². The number of non-ortho nitro benzene ring substituents is 1. The number of rotatable bonds is 5. The predicted molar refractivity (Wildman–Crippen MR) is 76.0 cm³/mol. The molecule has 6 heteroatoms. The van der Waals surface area contributed by atoms with E-state index in [4.69, 9.17) is 4.74 Å². The molecule has 0 radical (unpaired) electrons. The minimum absolute atomic E-state index is 0.0469. The van der Waals surface area contributed by atoms with E-state index in [0.29, 0.717) is 18.0 Å². The summed E-state index contributed by atoms with van der Waals surface area (Å²) in [4.78, 5) is 12.8. The number of ether oxygens (including phenoxy) is 1. The van der Waals surface area contributed by atoms with Crippen molar-refractivity contribution in [1.29, 1.82) is 0 Å². The Morgan fingerprint density at radius 2 is 2.16 bits per heavy atom. The number of methoxy groups -OCH3 is 1. The molecule has 0 amide bonds. The summed E-state index contributed by atoms with van der Waals surface area (Å²) in [7, 11) is 1.54. The average Bonchev–Trinajstić information content (AvgIpc) is 2.81. The molecule has 19 heavy (non-hydrogen) atoms. The van der Waals surface area contributed by atoms with Gasteiger partial charge in [-0.3, -0.25) is 10.1 Å². The molecule has 0 unspecified atom stereocenters. The topological polar surface area (TPSA) is 64.4 Å². The highest BCUT2D eigenvalue weighted by molar-refractivity contribution is 7.11. The van der Waals surface area contributed by atoms with E-state index in [1.165, 1.54) is 21.9 Å². The van der Waals surface area contributed by atoms with Gasteiger partial charge in [0.1, 0.15) is 5.75 Å². The van der Waals surface area contributed by atoms with E-state index in [9.17, 15) is 10.1 Å². The molecule has 0 atom stereocenters. The third-order valence-corrected chi connectivity index (χ3v) is 3.64. The summed E-state index contributed by atoms with van der Waals surface area (Å²) in [6, 6.07) is 8.60. The van der Waals surface area contributed by atoms with Crippen LogP contribution < -0.4 is 10.1 Å². The first-order chi connectivity index (χ1) is 9.10. The minimum Gasteiger partial charge on any atom is -0.495 e. The van der Waals surface area contributed by atoms with Gasteiger partial charge in [0.15, 0.2) is 0 Å². The van der Waals surface area contributed by atoms with Crippen LogP contribution in [0.5, 0.6) is 5.75 Å². The number of hydrogen-bond acceptors (Lipinski definition) is 5. The number of aryl methyl sites for hydroxylation is 1. The Balaban J connectivity index is 2.17. The van der Waals surface area contributed by atoms with Crippen molar-refractivity contribution >= 4 is 22.7 Å². The van der Waals surface area contributed by atoms with Gasteiger partial charge >= 0.3 is 0 Å². The summed E-state index contributed by atoms with van der Waals surface area (Å²) in [5.41, 5.74) is 0.674. The molecule has 5 nitrogen and oxygen atoms in total. The van der Waals surface area contributed by atoms with E-state index in [0.717, 1.165) is 0 Å². The van der Waals surface area contributed by atoms with Crippen LogP contribution in [0.1, 0.15) is 9.75 Å². The van der Waals surface area contributed by atoms with Crippen LogP contribution in [0, 0.1) is 17.0 Å². The maximum atomic E-state index is 10.8. The van der Waals surface area contributed by atoms with Crippen LogP contribution in [0.2, 0.25) is 0 Å². The summed E-state index contributed by atoms with van der Waals surface area (Å²) in [6.45, 7) is 2.66. The number of anilines is 1. The fraction of sp³-hybridized carbons (Fsp3) is 0.231. The van der Waals surface area contributed by atoms with E-state index >= 15 is 0 Å². The first-order valence-electron chi connectivity index (χ1n) is 5.72. The maximum Gasteiger partial charge on any atom is 0.271 e. The lowest BCUT2D eigenvalue weighted by atomic mass is 10.2. The molecule has 0 fully saturated rings. The molecule has 0 aliphatic carbocycles. The van der Waals surface area contributed by atoms with Crippen molar-refractivity contribution in [1.82, 2.24) is 0 Å². The number of benzene rings is 1. The summed E-state index contributed by atoms with van der Waals surface area (Å²) < 4.78 is 5.19. The first-order valence-corrected chi connectivity index (χ1v) is 6.53. The van der Waals surface area contributed by atoms with Crippen molar-refractivity contribution in [3.63, 3.8) is 0 Å². The lowest BCUT2D eigenvalue weighted by Gasteiger charge is -2.10. The molecule has 0 aliphatic heterocycles. The summed E-state index contributed by atoms with van der Waals surface area (Å²) in [6.07, 6.45) is 0. The zero-order chi connectivity index (χ0) is 13.8. The van der Waals surface area contributed by atoms with Crippen LogP contribution in [0.25, 0.3) is 0 Å². The quantitative estimate of drug-likeness (QED) is 0.670. The highest BCUT2D eigenvalue weighted by Gasteiger charge is 2.11. The third kappa shape index (κ3) is 3.23. The molecule has 0 aliphatic rings. The smallest absolute Gasteiger partial charge is 0.271 e. The highest BCUT2D eigenvalue weighted by Crippen LogP contribution is 2.29. The molecule has 1 aromatic carbocycles. The van der Waals surface area contributed by atoms with Gasteiger partial charge in [-0.25, -0.2) is 0 Å². The Bertz CT molecular complexity index is 595. The van der Waals surface area contributed by atoms with Crippen molar-refractivity contribution in [3.8, 4) is 5.75 Å². The minimum atomic E-state index is -0.417. The largest absolute Gasteiger partial charge is 0.495 e. The number of thiophene rings is 1. The molecule has 0 spiro atoms. The van der Waals surface area contributed by atoms with Gasteiger partial charge in [-0.05, 0) is 25.1 Å². The lowest BCUT2D eigenvalue weighted by molar-refractivity contribution is -0.384. The SMILES string of the molecule is COc1ccc([N+](=O)[O-])cc1NCc1ccc(C)s1. The Morgan fingerprint density at radius 3 is 2.74 bits per heavy atom. The summed E-state index contributed by atoms with van der Waals surface area (Å²) >= 11 is 1.69. The van der Waals surface area contributed by atoms with Crippen molar-refractivity contribution < 1.29 is 9.66 Å². The van der Waals surface area contributed by atoms with Gasteiger partial charge < -0.3 is 10.1 Å². The van der Waals surface area contributed by atoms with Gasteiger partial charge in [0, 0.05) is 28.4 Å². The standard InChI is InChI=1S/C13H14N2O3S/c1-9-3-5-11(19-9)8-14-12-7-10(15(16)17)4-6-13(12)18-2/h3-7,14H,8H2,1-2H3. The second-order valence-electron chi connectivity index (χ2n) is 4.01. The number of hydrogen-bond donors (Lipinski definition) is 1. The summed E-state index contributed by atoms with van der Waals surface area (Å²) in [5, 5.41) is 13.9. The average molecular weight is 278 g/mol. The fourth-order valence-corrected chi connectivity index (χ4v) is 2.54. The second kappa shape index (κ2) is 5.71. The normalized spacial score (nSPS) is 10.2. The van der Waals surface area contributed by atoms with Crippen molar-refractivity contribution in [2.24, 2.45) is 0 Å². The number of nitro groups is 1. The second-order valence-corrected chi connectivity index (χ2v) is 5.38. The van der Waals surface area contributed by atoms with Crippen LogP contribution in [-0.4, -0.2) is 12.0 Å². The predicted octanol–water partition coefficient (Wildman–Crippen LogP) is 3.59. The molecule has 1 heterocycles. The Morgan fingerprint density at radius 1 is 1.37 bits per heavy atom. The van der Waals surface area contributed by atoms with Crippen LogP contribution in [0.4, 0.5) is 11.4 Å². The van der Waals surface area contributed by atoms with Gasteiger partial charge in [-0.2, -0.15) is 0 Å². The van der Waals surface area contributed by atoms with Gasteiger partial charge in [0.05, 0.1) is 17.7 Å².